The predicted molar refractivity (Wildman–Crippen MR) is 391 cm³/mol. The van der Waals surface area contributed by atoms with Crippen molar-refractivity contribution in [3.63, 3.8) is 0 Å². The summed E-state index contributed by atoms with van der Waals surface area (Å²) in [6.07, 6.45) is -31.2. The predicted octanol–water partition coefficient (Wildman–Crippen LogP) is 4.92. The number of hydrogen-bond acceptors (Lipinski definition) is 38. The van der Waals surface area contributed by atoms with Crippen LogP contribution in [0.3, 0.4) is 0 Å². The smallest absolute Gasteiger partial charge is 0.342 e. The molecule has 41 heteroatoms. The number of esters is 2. The van der Waals surface area contributed by atoms with Crippen LogP contribution in [0.2, 0.25) is 10.0 Å². The third kappa shape index (κ3) is 16.5. The van der Waals surface area contributed by atoms with Gasteiger partial charge in [-0.05, 0) is 79.5 Å². The van der Waals surface area contributed by atoms with Gasteiger partial charge >= 0.3 is 17.9 Å². The summed E-state index contributed by atoms with van der Waals surface area (Å²) in [6, 6.07) is 2.35. The third-order valence-corrected chi connectivity index (χ3v) is 25.1. The Bertz CT molecular complexity index is 3800. The maximum atomic E-state index is 14.4. The van der Waals surface area contributed by atoms with Crippen LogP contribution in [0.25, 0.3) is 0 Å². The first-order valence-corrected chi connectivity index (χ1v) is 39.4. The van der Waals surface area contributed by atoms with E-state index in [0.29, 0.717) is 0 Å². The molecule has 2 aromatic rings. The van der Waals surface area contributed by atoms with Crippen LogP contribution in [0.1, 0.15) is 106 Å². The molecule has 0 aliphatic carbocycles. The quantitative estimate of drug-likeness (QED) is 0.0639. The van der Waals surface area contributed by atoms with Crippen molar-refractivity contribution < 1.29 is 177 Å². The molecule has 11 aliphatic rings. The van der Waals surface area contributed by atoms with E-state index in [1.54, 1.807) is 48.5 Å². The lowest BCUT2D eigenvalue weighted by Gasteiger charge is -2.55. The molecule has 3 N–H and O–H groups in total. The minimum atomic E-state index is -1.89. The molecule has 2 unspecified atom stereocenters. The van der Waals surface area contributed by atoms with Gasteiger partial charge in [0.05, 0.1) is 81.4 Å². The zero-order chi connectivity index (χ0) is 84.6. The minimum Gasteiger partial charge on any atom is -0.508 e. The molecule has 2 spiro atoms. The van der Waals surface area contributed by atoms with E-state index in [9.17, 15) is 35.0 Å². The second-order valence-electron chi connectivity index (χ2n) is 31.5. The first kappa shape index (κ1) is 90.2. The van der Waals surface area contributed by atoms with Gasteiger partial charge < -0.3 is 162 Å². The number of phenolic OH excluding ortho intramolecular Hbond substituents is 3. The molecule has 0 aromatic heterocycles. The molecule has 11 heterocycles. The van der Waals surface area contributed by atoms with Crippen molar-refractivity contribution in [2.24, 2.45) is 0 Å². The number of nitro groups is 1. The number of phenols is 3. The van der Waals surface area contributed by atoms with Crippen molar-refractivity contribution >= 4 is 35.1 Å². The summed E-state index contributed by atoms with van der Waals surface area (Å²) >= 11 is 12.9. The number of benzene rings is 2. The normalized spacial score (nSPS) is 44.6. The Morgan fingerprint density at radius 2 is 1.26 bits per heavy atom. The number of methoxy groups -OCH3 is 10. The Hall–Kier alpha value is -4.56. The van der Waals surface area contributed by atoms with E-state index >= 15 is 0 Å². The van der Waals surface area contributed by atoms with Gasteiger partial charge in [-0.2, -0.15) is 0 Å². The fourth-order valence-corrected chi connectivity index (χ4v) is 18.9. The fourth-order valence-electron chi connectivity index (χ4n) is 18.4. The largest absolute Gasteiger partial charge is 0.508 e. The van der Waals surface area contributed by atoms with E-state index in [2.05, 4.69) is 0 Å². The van der Waals surface area contributed by atoms with Crippen LogP contribution in [-0.4, -0.2) is 343 Å². The molecule has 11 saturated heterocycles. The van der Waals surface area contributed by atoms with Crippen LogP contribution < -0.4 is 4.74 Å². The van der Waals surface area contributed by atoms with Crippen LogP contribution in [0.5, 0.6) is 23.0 Å². The lowest BCUT2D eigenvalue weighted by Crippen LogP contribution is -2.72. The van der Waals surface area contributed by atoms with Gasteiger partial charge in [-0.3, -0.25) is 10.1 Å². The van der Waals surface area contributed by atoms with E-state index < -0.39 is 241 Å². The molecule has 2 aromatic carbocycles. The van der Waals surface area contributed by atoms with Crippen molar-refractivity contribution in [2.45, 2.75) is 301 Å². The monoisotopic (exact) mass is 1710 g/mol. The van der Waals surface area contributed by atoms with Crippen molar-refractivity contribution in [2.75, 3.05) is 97.7 Å². The molecule has 660 valence electrons. The average Bonchev–Trinajstić information content (AvgIpc) is 1.55. The van der Waals surface area contributed by atoms with Crippen LogP contribution in [-0.2, 0) is 142 Å². The van der Waals surface area contributed by atoms with Gasteiger partial charge in [0.1, 0.15) is 131 Å². The summed E-state index contributed by atoms with van der Waals surface area (Å²) in [6.45, 7) is 15.9. The van der Waals surface area contributed by atoms with E-state index in [1.165, 1.54) is 91.0 Å². The van der Waals surface area contributed by atoms with Crippen LogP contribution in [0.4, 0.5) is 0 Å². The number of carbonyl (C=O) groups is 2. The minimum absolute atomic E-state index is 0.0822. The van der Waals surface area contributed by atoms with Gasteiger partial charge in [0.15, 0.2) is 73.7 Å². The Morgan fingerprint density at radius 1 is 0.573 bits per heavy atom. The summed E-state index contributed by atoms with van der Waals surface area (Å²) < 4.78 is 199. The third-order valence-electron chi connectivity index (χ3n) is 24.3. The summed E-state index contributed by atoms with van der Waals surface area (Å²) in [4.78, 5) is 40.2. The Labute approximate surface area is 685 Å². The van der Waals surface area contributed by atoms with E-state index in [-0.39, 0.29) is 89.7 Å². The zero-order valence-electron chi connectivity index (χ0n) is 68.8. The van der Waals surface area contributed by atoms with Gasteiger partial charge in [0, 0.05) is 88.3 Å². The van der Waals surface area contributed by atoms with Gasteiger partial charge in [0.2, 0.25) is 0 Å². The number of aryl methyl sites for hydroxylation is 1. The lowest BCUT2D eigenvalue weighted by atomic mass is 9.84. The first-order chi connectivity index (χ1) is 55.6. The van der Waals surface area contributed by atoms with Gasteiger partial charge in [-0.1, -0.05) is 23.2 Å². The highest BCUT2D eigenvalue weighted by atomic mass is 35.5. The highest BCUT2D eigenvalue weighted by Crippen LogP contribution is 2.54. The Balaban J connectivity index is 0.681. The molecular formula is C76H109Cl2NO38. The Morgan fingerprint density at radius 3 is 1.91 bits per heavy atom. The highest BCUT2D eigenvalue weighted by molar-refractivity contribution is 6.39. The standard InChI is InChI=1S/C76H109Cl2NO38/c1-30-21-37(80)22-38(81)46(30)66(83)106-42-28-100-76(64-56(42)98-29-99-64)114-43-27-97-68(59(92-16)55(43)115-76)112-69-60(93-17)58(91-15)54(41(107-69)26-87-11)110-71-74(10,96-20)63(53(89-13)33(4)104-71)111-70-65(95-19)73(9)62(36(7)103-70)116-75(117-73)24-40(88-12)52(34(5)113-75)108-44-23-39(105-45-25-72(8,79(85)86)61(94-18)35(6)102-45)51(32(3)101-44)109-67(84)47-31(2)48(77)50(82)49(78)57(47)90-14/h21-22,32-36,39-45,51-56,58-65,68-71,80-82H,23-29H2,1-20H3/t32-,33-,34-,35+,36-,39-,40-,41-,42-,43+,44+,45+,51-,52-,53+,54?,55-,56+,58+,59-,60+,61+,62-,63?,64-,65-,68+,69+,70+,71+,72+,73+,74-,75-,76-/m1/s1. The van der Waals surface area contributed by atoms with Gasteiger partial charge in [0.25, 0.3) is 11.5 Å². The summed E-state index contributed by atoms with van der Waals surface area (Å²) in [5, 5.41) is 43.4. The molecule has 35 atom stereocenters. The number of nitrogens with zero attached hydrogens (tertiary/aromatic N) is 1. The van der Waals surface area contributed by atoms with Gasteiger partial charge in [-0.25, -0.2) is 9.59 Å². The highest BCUT2D eigenvalue weighted by Gasteiger charge is 2.72. The molecule has 11 aliphatic heterocycles. The number of aromatic hydroxyl groups is 3. The van der Waals surface area contributed by atoms with Crippen molar-refractivity contribution in [3.05, 3.63) is 54.5 Å². The fraction of sp³-hybridized carbons (Fsp3) is 0.816. The maximum Gasteiger partial charge on any atom is 0.342 e. The van der Waals surface area contributed by atoms with Gasteiger partial charge in [-0.15, -0.1) is 0 Å². The molecule has 117 heavy (non-hydrogen) atoms. The SMILES string of the molecule is COC[C@H]1O[C@@H](O[C@@H]2OC[C@@H]3O[C@@]4(OC[C@@H](OC(=O)c5c(C)cc(O)cc5O)[C@@H]5OCO[C@H]54)O[C@H]3[C@H]2OC)[C@@H](OC)[C@@H](OC)C1O[C@@H]1O[C@H](C)[C@H](OC)C(O[C@@H]2O[C@H](C)[C@H]3O[C@]4(C[C@@H](OC)[C@H](O[C@H]5C[C@@H](O[C@H]6C[C@](C)([N+](=O)[O-])[C@@H](OC)[C@H](C)O6)[C@H](OC(=O)c6c(C)c(Cl)c(O)c(Cl)c6OC)[C@@H](C)O5)[C@@H](C)O4)O[C@]3(C)[C@@H]2OC)[C@@]1(C)OC. The van der Waals surface area contributed by atoms with E-state index in [0.717, 1.165) is 6.07 Å². The van der Waals surface area contributed by atoms with Crippen molar-refractivity contribution in [3.8, 4) is 23.0 Å². The average molecular weight is 1720 g/mol. The molecule has 13 rings (SSSR count). The number of hydrogen-bond donors (Lipinski definition) is 3. The number of carbonyl (C=O) groups excluding carboxylic acids is 2. The number of rotatable bonds is 26. The summed E-state index contributed by atoms with van der Waals surface area (Å²) in [5.41, 5.74) is -4.61. The maximum absolute atomic E-state index is 14.4. The molecule has 11 fully saturated rings. The second kappa shape index (κ2) is 36.0. The number of fused-ring (bicyclic) bond motifs is 4. The molecule has 39 nitrogen and oxygen atoms in total. The summed E-state index contributed by atoms with van der Waals surface area (Å²) in [7, 11) is 14.4. The Kier molecular flexibility index (Phi) is 27.7. The number of halogens is 2. The lowest BCUT2D eigenvalue weighted by molar-refractivity contribution is -0.595. The topological polar surface area (TPSA) is 424 Å². The van der Waals surface area contributed by atoms with E-state index in [4.69, 9.17) is 170 Å². The molecule has 0 radical (unpaired) electrons. The van der Waals surface area contributed by atoms with Crippen LogP contribution >= 0.6 is 23.2 Å². The number of ether oxygens (including phenoxy) is 31. The second-order valence-corrected chi connectivity index (χ2v) is 32.3. The molecule has 0 saturated carbocycles. The molecule has 0 bridgehead atoms. The van der Waals surface area contributed by atoms with Crippen molar-refractivity contribution in [1.29, 1.82) is 0 Å². The first-order valence-electron chi connectivity index (χ1n) is 38.6. The van der Waals surface area contributed by atoms with Crippen LogP contribution in [0.15, 0.2) is 12.1 Å². The summed E-state index contributed by atoms with van der Waals surface area (Å²) in [5.74, 6) is -6.98. The molecule has 0 amide bonds. The van der Waals surface area contributed by atoms with Crippen molar-refractivity contribution in [1.82, 2.24) is 0 Å². The molecular weight excluding hydrogens is 1610 g/mol. The van der Waals surface area contributed by atoms with Crippen LogP contribution in [0, 0.1) is 24.0 Å². The zero-order valence-corrected chi connectivity index (χ0v) is 70.3. The van der Waals surface area contributed by atoms with E-state index in [1.807, 2.05) is 6.92 Å².